The summed E-state index contributed by atoms with van der Waals surface area (Å²) in [7, 11) is 0. The minimum atomic E-state index is -0.161. The molecule has 0 fully saturated rings. The molecule has 0 aliphatic carbocycles. The Morgan fingerprint density at radius 3 is 2.52 bits per heavy atom. The predicted octanol–water partition coefficient (Wildman–Crippen LogP) is 4.85. The molecule has 0 spiro atoms. The summed E-state index contributed by atoms with van der Waals surface area (Å²) >= 11 is 0. The zero-order chi connectivity index (χ0) is 19.2. The molecule has 0 aliphatic heterocycles. The molecule has 0 bridgehead atoms. The van der Waals surface area contributed by atoms with Gasteiger partial charge in [0.05, 0.1) is 5.56 Å². The molecule has 4 nitrogen and oxygen atoms in total. The van der Waals surface area contributed by atoms with Crippen molar-refractivity contribution in [3.63, 3.8) is 0 Å². The first-order valence-electron chi connectivity index (χ1n) is 8.84. The number of amides is 1. The average Bonchev–Trinajstić information content (AvgIpc) is 2.69. The molecule has 3 rings (SSSR count). The highest BCUT2D eigenvalue weighted by molar-refractivity contribution is 6.05. The highest BCUT2D eigenvalue weighted by Crippen LogP contribution is 2.23. The molecule has 0 atom stereocenters. The van der Waals surface area contributed by atoms with E-state index in [9.17, 15) is 4.79 Å². The first kappa shape index (κ1) is 18.4. The Labute approximate surface area is 160 Å². The van der Waals surface area contributed by atoms with Crippen LogP contribution in [-0.2, 0) is 6.54 Å². The monoisotopic (exact) mass is 357 g/mol. The van der Waals surface area contributed by atoms with Crippen molar-refractivity contribution < 1.29 is 4.79 Å². The Balaban J connectivity index is 1.85. The van der Waals surface area contributed by atoms with Gasteiger partial charge in [-0.15, -0.1) is 0 Å². The fourth-order valence-electron chi connectivity index (χ4n) is 2.97. The lowest BCUT2D eigenvalue weighted by molar-refractivity contribution is 0.102. The molecule has 0 saturated heterocycles. The van der Waals surface area contributed by atoms with E-state index in [0.29, 0.717) is 12.1 Å². The molecule has 0 aliphatic rings. The van der Waals surface area contributed by atoms with Gasteiger partial charge in [0, 0.05) is 30.2 Å². The summed E-state index contributed by atoms with van der Waals surface area (Å²) < 4.78 is 0. The third-order valence-corrected chi connectivity index (χ3v) is 4.43. The maximum atomic E-state index is 12.7. The Morgan fingerprint density at radius 1 is 1.04 bits per heavy atom. The first-order chi connectivity index (χ1) is 13.1. The largest absolute Gasteiger partial charge is 0.387 e. The first-order valence-corrected chi connectivity index (χ1v) is 8.84. The van der Waals surface area contributed by atoms with E-state index in [1.54, 1.807) is 18.6 Å². The van der Waals surface area contributed by atoms with Gasteiger partial charge in [0.15, 0.2) is 0 Å². The van der Waals surface area contributed by atoms with Crippen LogP contribution in [0.1, 0.15) is 27.0 Å². The number of carbonyl (C=O) groups is 1. The third-order valence-electron chi connectivity index (χ3n) is 4.43. The number of aryl methyl sites for hydroxylation is 2. The van der Waals surface area contributed by atoms with E-state index in [-0.39, 0.29) is 5.91 Å². The number of anilines is 1. The highest BCUT2D eigenvalue weighted by Gasteiger charge is 2.11. The number of para-hydroxylation sites is 1. The van der Waals surface area contributed by atoms with Gasteiger partial charge in [-0.05, 0) is 54.4 Å². The lowest BCUT2D eigenvalue weighted by atomic mass is 10.0. The molecule has 1 amide bonds. The number of aromatic nitrogens is 1. The van der Waals surface area contributed by atoms with Crippen molar-refractivity contribution in [1.29, 1.82) is 0 Å². The molecule has 4 heteroatoms. The van der Waals surface area contributed by atoms with Crippen LogP contribution in [-0.4, -0.2) is 10.9 Å². The summed E-state index contributed by atoms with van der Waals surface area (Å²) in [6.07, 6.45) is 5.04. The van der Waals surface area contributed by atoms with E-state index in [0.717, 1.165) is 33.5 Å². The van der Waals surface area contributed by atoms with Gasteiger partial charge in [-0.2, -0.15) is 0 Å². The quantitative estimate of drug-likeness (QED) is 0.663. The van der Waals surface area contributed by atoms with Crippen LogP contribution in [0.2, 0.25) is 0 Å². The molecule has 0 saturated carbocycles. The van der Waals surface area contributed by atoms with Gasteiger partial charge in [0.25, 0.3) is 5.91 Å². The third kappa shape index (κ3) is 4.42. The van der Waals surface area contributed by atoms with Crippen molar-refractivity contribution >= 4 is 11.6 Å². The van der Waals surface area contributed by atoms with Gasteiger partial charge in [-0.25, -0.2) is 0 Å². The number of hydrogen-bond donors (Lipinski definition) is 2. The fourth-order valence-corrected chi connectivity index (χ4v) is 2.97. The Kier molecular flexibility index (Phi) is 5.67. The van der Waals surface area contributed by atoms with Crippen molar-refractivity contribution in [1.82, 2.24) is 10.3 Å². The second kappa shape index (κ2) is 8.32. The fraction of sp³-hybridized carbons (Fsp3) is 0.130. The molecule has 2 aromatic carbocycles. The standard InChI is InChI=1S/C23H23N3O/c1-4-24-13-18-9-6-10-19(11-18)20-12-21(15-25-14-20)23(27)26-22-16(2)7-5-8-17(22)3/h4-12,14-15,24H,1,13H2,2-3H3,(H,26,27). The van der Waals surface area contributed by atoms with E-state index in [1.165, 1.54) is 0 Å². The number of benzene rings is 2. The molecule has 2 N–H and O–H groups in total. The maximum absolute atomic E-state index is 12.7. The summed E-state index contributed by atoms with van der Waals surface area (Å²) in [6, 6.07) is 16.0. The smallest absolute Gasteiger partial charge is 0.257 e. The summed E-state index contributed by atoms with van der Waals surface area (Å²) in [6.45, 7) is 8.35. The van der Waals surface area contributed by atoms with E-state index in [4.69, 9.17) is 0 Å². The van der Waals surface area contributed by atoms with Crippen LogP contribution < -0.4 is 10.6 Å². The molecule has 1 heterocycles. The van der Waals surface area contributed by atoms with E-state index < -0.39 is 0 Å². The van der Waals surface area contributed by atoms with Crippen LogP contribution >= 0.6 is 0 Å². The van der Waals surface area contributed by atoms with Crippen LogP contribution in [0, 0.1) is 13.8 Å². The number of hydrogen-bond acceptors (Lipinski definition) is 3. The molecular formula is C23H23N3O. The van der Waals surface area contributed by atoms with E-state index in [2.05, 4.69) is 28.3 Å². The zero-order valence-electron chi connectivity index (χ0n) is 15.6. The molecule has 0 radical (unpaired) electrons. The molecule has 0 unspecified atom stereocenters. The van der Waals surface area contributed by atoms with Gasteiger partial charge in [-0.1, -0.05) is 43.0 Å². The Hall–Kier alpha value is -3.40. The summed E-state index contributed by atoms with van der Waals surface area (Å²) in [5.74, 6) is -0.161. The number of nitrogens with zero attached hydrogens (tertiary/aromatic N) is 1. The SMILES string of the molecule is C=CNCc1cccc(-c2cncc(C(=O)Nc3c(C)cccc3C)c2)c1. The minimum absolute atomic E-state index is 0.161. The topological polar surface area (TPSA) is 54.0 Å². The number of pyridine rings is 1. The van der Waals surface area contributed by atoms with Crippen molar-refractivity contribution in [3.05, 3.63) is 96.0 Å². The highest BCUT2D eigenvalue weighted by atomic mass is 16.1. The molecule has 3 aromatic rings. The van der Waals surface area contributed by atoms with Crippen molar-refractivity contribution in [2.45, 2.75) is 20.4 Å². The van der Waals surface area contributed by atoms with E-state index in [1.807, 2.05) is 56.3 Å². The predicted molar refractivity (Wildman–Crippen MR) is 111 cm³/mol. The molecule has 1 aromatic heterocycles. The van der Waals surface area contributed by atoms with E-state index >= 15 is 0 Å². The van der Waals surface area contributed by atoms with Gasteiger partial charge in [-0.3, -0.25) is 9.78 Å². The normalized spacial score (nSPS) is 10.3. The summed E-state index contributed by atoms with van der Waals surface area (Å²) in [4.78, 5) is 17.0. The lowest BCUT2D eigenvalue weighted by Crippen LogP contribution is -2.14. The average molecular weight is 357 g/mol. The van der Waals surface area contributed by atoms with Gasteiger partial charge >= 0.3 is 0 Å². The van der Waals surface area contributed by atoms with Crippen LogP contribution in [0.15, 0.2) is 73.7 Å². The van der Waals surface area contributed by atoms with Gasteiger partial charge in [0.2, 0.25) is 0 Å². The Bertz CT molecular complexity index is 959. The van der Waals surface area contributed by atoms with Crippen molar-refractivity contribution in [2.24, 2.45) is 0 Å². The zero-order valence-corrected chi connectivity index (χ0v) is 15.6. The van der Waals surface area contributed by atoms with Crippen molar-refractivity contribution in [2.75, 3.05) is 5.32 Å². The van der Waals surface area contributed by atoms with Crippen LogP contribution in [0.3, 0.4) is 0 Å². The molecular weight excluding hydrogens is 334 g/mol. The number of rotatable bonds is 6. The second-order valence-electron chi connectivity index (χ2n) is 6.47. The van der Waals surface area contributed by atoms with Crippen LogP contribution in [0.4, 0.5) is 5.69 Å². The minimum Gasteiger partial charge on any atom is -0.387 e. The van der Waals surface area contributed by atoms with Crippen LogP contribution in [0.25, 0.3) is 11.1 Å². The number of nitrogens with one attached hydrogen (secondary N) is 2. The summed E-state index contributed by atoms with van der Waals surface area (Å²) in [5.41, 5.74) is 6.52. The second-order valence-corrected chi connectivity index (χ2v) is 6.47. The molecule has 136 valence electrons. The molecule has 27 heavy (non-hydrogen) atoms. The maximum Gasteiger partial charge on any atom is 0.257 e. The van der Waals surface area contributed by atoms with Gasteiger partial charge < -0.3 is 10.6 Å². The Morgan fingerprint density at radius 2 is 1.78 bits per heavy atom. The summed E-state index contributed by atoms with van der Waals surface area (Å²) in [5, 5.41) is 6.11. The number of carbonyl (C=O) groups excluding carboxylic acids is 1. The lowest BCUT2D eigenvalue weighted by Gasteiger charge is -2.12. The van der Waals surface area contributed by atoms with Crippen LogP contribution in [0.5, 0.6) is 0 Å². The van der Waals surface area contributed by atoms with Gasteiger partial charge in [0.1, 0.15) is 0 Å². The van der Waals surface area contributed by atoms with Crippen molar-refractivity contribution in [3.8, 4) is 11.1 Å².